The molecular weight excluding hydrogens is 330 g/mol. The number of sulfonamides is 1. The van der Waals surface area contributed by atoms with Crippen LogP contribution in [0.2, 0.25) is 0 Å². The Balaban J connectivity index is 2.41. The molecular formula is C12H18BrN3O2S. The topological polar surface area (TPSA) is 76.3 Å². The predicted molar refractivity (Wildman–Crippen MR) is 78.1 cm³/mol. The minimum Gasteiger partial charge on any atom is -0.383 e. The number of nitrogens with zero attached hydrogens (tertiary/aromatic N) is 2. The fourth-order valence-electron chi connectivity index (χ4n) is 1.93. The van der Waals surface area contributed by atoms with Crippen molar-refractivity contribution in [1.82, 2.24) is 9.29 Å². The van der Waals surface area contributed by atoms with Gasteiger partial charge < -0.3 is 5.73 Å². The molecule has 0 saturated heterocycles. The van der Waals surface area contributed by atoms with Crippen molar-refractivity contribution >= 4 is 31.8 Å². The molecule has 2 N–H and O–H groups in total. The first-order chi connectivity index (χ1) is 8.82. The molecule has 0 aliphatic heterocycles. The number of anilines is 1. The average molecular weight is 348 g/mol. The first kappa shape index (κ1) is 14.7. The maximum Gasteiger partial charge on any atom is 0.247 e. The summed E-state index contributed by atoms with van der Waals surface area (Å²) in [6, 6.07) is 1.64. The number of hydrogen-bond donors (Lipinski definition) is 1. The summed E-state index contributed by atoms with van der Waals surface area (Å²) < 4.78 is 27.6. The Morgan fingerprint density at radius 2 is 2.16 bits per heavy atom. The number of hydrogen-bond acceptors (Lipinski definition) is 4. The summed E-state index contributed by atoms with van der Waals surface area (Å²) in [6.07, 6.45) is 3.35. The van der Waals surface area contributed by atoms with E-state index in [1.165, 1.54) is 12.3 Å². The molecule has 0 unspecified atom stereocenters. The third kappa shape index (κ3) is 3.27. The Kier molecular flexibility index (Phi) is 4.17. The van der Waals surface area contributed by atoms with Gasteiger partial charge in [0.15, 0.2) is 0 Å². The summed E-state index contributed by atoms with van der Waals surface area (Å²) in [6.45, 7) is 4.53. The summed E-state index contributed by atoms with van der Waals surface area (Å²) in [5.41, 5.74) is 5.73. The summed E-state index contributed by atoms with van der Waals surface area (Å²) >= 11 is 3.24. The van der Waals surface area contributed by atoms with E-state index in [0.29, 0.717) is 11.0 Å². The van der Waals surface area contributed by atoms with Gasteiger partial charge in [-0.15, -0.1) is 0 Å². The zero-order valence-corrected chi connectivity index (χ0v) is 13.4. The molecule has 2 rings (SSSR count). The van der Waals surface area contributed by atoms with Crippen LogP contribution in [0.5, 0.6) is 0 Å². The summed E-state index contributed by atoms with van der Waals surface area (Å²) in [4.78, 5) is 4.00. The quantitative estimate of drug-likeness (QED) is 0.885. The molecule has 0 radical (unpaired) electrons. The zero-order valence-electron chi connectivity index (χ0n) is 11.0. The second-order valence-corrected chi connectivity index (χ2v) is 8.01. The van der Waals surface area contributed by atoms with Crippen LogP contribution in [0.4, 0.5) is 5.82 Å². The van der Waals surface area contributed by atoms with E-state index in [1.54, 1.807) is 4.31 Å². The van der Waals surface area contributed by atoms with E-state index in [-0.39, 0.29) is 22.7 Å². The number of nitrogen functional groups attached to an aromatic ring is 1. The Bertz CT molecular complexity index is 570. The van der Waals surface area contributed by atoms with Gasteiger partial charge in [0.1, 0.15) is 10.7 Å². The lowest BCUT2D eigenvalue weighted by Gasteiger charge is -2.24. The number of rotatable bonds is 5. The summed E-state index contributed by atoms with van der Waals surface area (Å²) in [7, 11) is -3.57. The number of pyridine rings is 1. The predicted octanol–water partition coefficient (Wildman–Crippen LogP) is 2.24. The molecule has 1 saturated carbocycles. The van der Waals surface area contributed by atoms with Crippen molar-refractivity contribution < 1.29 is 8.42 Å². The van der Waals surface area contributed by atoms with Crippen LogP contribution in [0, 0.1) is 5.92 Å². The number of nitrogens with two attached hydrogens (primary N) is 1. The lowest BCUT2D eigenvalue weighted by Crippen LogP contribution is -2.36. The van der Waals surface area contributed by atoms with Gasteiger partial charge in [-0.2, -0.15) is 4.31 Å². The molecule has 0 amide bonds. The van der Waals surface area contributed by atoms with Gasteiger partial charge in [-0.05, 0) is 40.8 Å². The van der Waals surface area contributed by atoms with Crippen molar-refractivity contribution in [3.05, 3.63) is 16.7 Å². The van der Waals surface area contributed by atoms with Gasteiger partial charge in [0.05, 0.1) is 0 Å². The lowest BCUT2D eigenvalue weighted by atomic mass is 10.2. The number of halogens is 1. The second-order valence-electron chi connectivity index (χ2n) is 5.24. The molecule has 0 atom stereocenters. The molecule has 1 aliphatic carbocycles. The maximum absolute atomic E-state index is 12.7. The monoisotopic (exact) mass is 347 g/mol. The minimum absolute atomic E-state index is 0.0533. The summed E-state index contributed by atoms with van der Waals surface area (Å²) in [5, 5.41) is 0. The molecule has 0 spiro atoms. The van der Waals surface area contributed by atoms with Crippen LogP contribution in [0.3, 0.4) is 0 Å². The van der Waals surface area contributed by atoms with Crippen molar-refractivity contribution in [2.75, 3.05) is 12.3 Å². The minimum atomic E-state index is -3.57. The average Bonchev–Trinajstić information content (AvgIpc) is 3.12. The van der Waals surface area contributed by atoms with Gasteiger partial charge in [0.2, 0.25) is 10.0 Å². The van der Waals surface area contributed by atoms with E-state index in [9.17, 15) is 8.42 Å². The highest BCUT2D eigenvalue weighted by Gasteiger charge is 2.39. The van der Waals surface area contributed by atoms with Crippen molar-refractivity contribution in [2.45, 2.75) is 37.6 Å². The van der Waals surface area contributed by atoms with Crippen LogP contribution in [-0.4, -0.2) is 30.3 Å². The van der Waals surface area contributed by atoms with E-state index in [0.717, 1.165) is 12.8 Å². The van der Waals surface area contributed by atoms with E-state index in [1.807, 2.05) is 13.8 Å². The fraction of sp³-hybridized carbons (Fsp3) is 0.583. The van der Waals surface area contributed by atoms with Crippen LogP contribution >= 0.6 is 15.9 Å². The summed E-state index contributed by atoms with van der Waals surface area (Å²) in [5.74, 6) is 0.328. The van der Waals surface area contributed by atoms with Crippen molar-refractivity contribution in [3.8, 4) is 0 Å². The van der Waals surface area contributed by atoms with Gasteiger partial charge in [-0.1, -0.05) is 13.8 Å². The lowest BCUT2D eigenvalue weighted by molar-refractivity contribution is 0.360. The molecule has 1 heterocycles. The van der Waals surface area contributed by atoms with E-state index in [2.05, 4.69) is 20.9 Å². The smallest absolute Gasteiger partial charge is 0.247 e. The second kappa shape index (κ2) is 5.38. The molecule has 1 aromatic heterocycles. The van der Waals surface area contributed by atoms with E-state index >= 15 is 0 Å². The Hall–Kier alpha value is -0.660. The zero-order chi connectivity index (χ0) is 14.2. The first-order valence-corrected chi connectivity index (χ1v) is 8.48. The molecule has 1 aliphatic rings. The molecule has 106 valence electrons. The first-order valence-electron chi connectivity index (χ1n) is 6.25. The Morgan fingerprint density at radius 3 is 2.68 bits per heavy atom. The van der Waals surface area contributed by atoms with Gasteiger partial charge in [-0.25, -0.2) is 13.4 Å². The normalized spacial score (nSPS) is 16.3. The highest BCUT2D eigenvalue weighted by Crippen LogP contribution is 2.34. The van der Waals surface area contributed by atoms with Crippen LogP contribution in [0.1, 0.15) is 26.7 Å². The van der Waals surface area contributed by atoms with Crippen LogP contribution in [0.25, 0.3) is 0 Å². The van der Waals surface area contributed by atoms with Crippen LogP contribution < -0.4 is 5.73 Å². The van der Waals surface area contributed by atoms with Gasteiger partial charge in [-0.3, -0.25) is 0 Å². The molecule has 1 fully saturated rings. The van der Waals surface area contributed by atoms with Crippen LogP contribution in [-0.2, 0) is 10.0 Å². The molecule has 7 heteroatoms. The molecule has 1 aromatic rings. The standard InChI is InChI=1S/C12H18BrN3O2S/c1-8(2)7-16(10-3-4-10)19(17,18)11-5-9(13)6-15-12(11)14/h5-6,8,10H,3-4,7H2,1-2H3,(H2,14,15). The fourth-order valence-corrected chi connectivity index (χ4v) is 4.36. The number of aromatic nitrogens is 1. The van der Waals surface area contributed by atoms with Gasteiger partial charge >= 0.3 is 0 Å². The maximum atomic E-state index is 12.7. The van der Waals surface area contributed by atoms with Gasteiger partial charge in [0.25, 0.3) is 0 Å². The van der Waals surface area contributed by atoms with Crippen molar-refractivity contribution in [1.29, 1.82) is 0 Å². The largest absolute Gasteiger partial charge is 0.383 e. The third-order valence-electron chi connectivity index (χ3n) is 2.93. The van der Waals surface area contributed by atoms with Crippen molar-refractivity contribution in [2.24, 2.45) is 5.92 Å². The van der Waals surface area contributed by atoms with Crippen molar-refractivity contribution in [3.63, 3.8) is 0 Å². The Labute approximate surface area is 122 Å². The highest BCUT2D eigenvalue weighted by molar-refractivity contribution is 9.10. The van der Waals surface area contributed by atoms with Gasteiger partial charge in [0, 0.05) is 23.3 Å². The molecule has 19 heavy (non-hydrogen) atoms. The van der Waals surface area contributed by atoms with Crippen LogP contribution in [0.15, 0.2) is 21.6 Å². The van der Waals surface area contributed by atoms with E-state index in [4.69, 9.17) is 5.73 Å². The third-order valence-corrected chi connectivity index (χ3v) is 5.32. The molecule has 5 nitrogen and oxygen atoms in total. The highest BCUT2D eigenvalue weighted by atomic mass is 79.9. The molecule has 0 bridgehead atoms. The van der Waals surface area contributed by atoms with E-state index < -0.39 is 10.0 Å². The molecule has 0 aromatic carbocycles. The SMILES string of the molecule is CC(C)CN(C1CC1)S(=O)(=O)c1cc(Br)cnc1N. The Morgan fingerprint density at radius 1 is 1.53 bits per heavy atom.